The molecule has 1 saturated heterocycles. The number of rotatable bonds is 4. The molecule has 1 heterocycles. The van der Waals surface area contributed by atoms with Crippen molar-refractivity contribution in [3.63, 3.8) is 0 Å². The SMILES string of the molecule is CN(C)C(=O)CCNC(=O)[C@@]12CCCC[C@H]1CNC2.Cl. The molecule has 2 amide bonds. The van der Waals surface area contributed by atoms with Crippen molar-refractivity contribution in [2.45, 2.75) is 32.1 Å². The summed E-state index contributed by atoms with van der Waals surface area (Å²) in [6, 6.07) is 0. The fourth-order valence-electron chi connectivity index (χ4n) is 3.37. The molecule has 1 aliphatic heterocycles. The molecule has 0 aromatic carbocycles. The van der Waals surface area contributed by atoms with Gasteiger partial charge in [-0.05, 0) is 25.3 Å². The third kappa shape index (κ3) is 3.44. The molecule has 0 spiro atoms. The third-order valence-electron chi connectivity index (χ3n) is 4.61. The van der Waals surface area contributed by atoms with Crippen molar-refractivity contribution in [3.8, 4) is 0 Å². The fraction of sp³-hybridized carbons (Fsp3) is 0.857. The number of halogens is 1. The average Bonchev–Trinajstić information content (AvgIpc) is 2.83. The van der Waals surface area contributed by atoms with Crippen LogP contribution in [0, 0.1) is 11.3 Å². The maximum Gasteiger partial charge on any atom is 0.227 e. The van der Waals surface area contributed by atoms with Crippen molar-refractivity contribution in [3.05, 3.63) is 0 Å². The second-order valence-corrected chi connectivity index (χ2v) is 6.02. The molecule has 0 radical (unpaired) electrons. The van der Waals surface area contributed by atoms with Gasteiger partial charge in [0.2, 0.25) is 11.8 Å². The van der Waals surface area contributed by atoms with E-state index in [0.29, 0.717) is 18.9 Å². The van der Waals surface area contributed by atoms with Gasteiger partial charge in [0.25, 0.3) is 0 Å². The van der Waals surface area contributed by atoms with Crippen LogP contribution in [-0.2, 0) is 9.59 Å². The van der Waals surface area contributed by atoms with Crippen LogP contribution < -0.4 is 10.6 Å². The lowest BCUT2D eigenvalue weighted by molar-refractivity contribution is -0.134. The Morgan fingerprint density at radius 2 is 2.10 bits per heavy atom. The smallest absolute Gasteiger partial charge is 0.227 e. The van der Waals surface area contributed by atoms with Gasteiger partial charge in [-0.25, -0.2) is 0 Å². The van der Waals surface area contributed by atoms with Gasteiger partial charge in [-0.1, -0.05) is 12.8 Å². The predicted octanol–water partition coefficient (Wildman–Crippen LogP) is 0.782. The van der Waals surface area contributed by atoms with Crippen molar-refractivity contribution < 1.29 is 9.59 Å². The van der Waals surface area contributed by atoms with Gasteiger partial charge in [-0.15, -0.1) is 12.4 Å². The molecule has 2 rings (SSSR count). The second-order valence-electron chi connectivity index (χ2n) is 6.02. The van der Waals surface area contributed by atoms with E-state index in [2.05, 4.69) is 10.6 Å². The average molecular weight is 304 g/mol. The molecule has 1 saturated carbocycles. The number of carbonyl (C=O) groups excluding carboxylic acids is 2. The Labute approximate surface area is 127 Å². The summed E-state index contributed by atoms with van der Waals surface area (Å²) in [5.41, 5.74) is -0.209. The third-order valence-corrected chi connectivity index (χ3v) is 4.61. The van der Waals surface area contributed by atoms with Crippen LogP contribution in [0.3, 0.4) is 0 Å². The molecule has 1 aliphatic carbocycles. The first-order valence-electron chi connectivity index (χ1n) is 7.25. The molecule has 2 fully saturated rings. The van der Waals surface area contributed by atoms with Gasteiger partial charge in [0.15, 0.2) is 0 Å². The molecule has 0 unspecified atom stereocenters. The monoisotopic (exact) mass is 303 g/mol. The van der Waals surface area contributed by atoms with Crippen molar-refractivity contribution >= 4 is 24.2 Å². The van der Waals surface area contributed by atoms with Crippen LogP contribution in [0.5, 0.6) is 0 Å². The normalized spacial score (nSPS) is 28.2. The zero-order chi connectivity index (χ0) is 13.9. The van der Waals surface area contributed by atoms with E-state index >= 15 is 0 Å². The van der Waals surface area contributed by atoms with Gasteiger partial charge in [0.05, 0.1) is 5.41 Å². The Morgan fingerprint density at radius 3 is 2.80 bits per heavy atom. The number of nitrogens with one attached hydrogen (secondary N) is 2. The lowest BCUT2D eigenvalue weighted by Crippen LogP contribution is -2.48. The van der Waals surface area contributed by atoms with Crippen molar-refractivity contribution in [1.82, 2.24) is 15.5 Å². The van der Waals surface area contributed by atoms with Gasteiger partial charge >= 0.3 is 0 Å². The topological polar surface area (TPSA) is 61.4 Å². The van der Waals surface area contributed by atoms with Gasteiger partial charge in [0, 0.05) is 33.6 Å². The van der Waals surface area contributed by atoms with Crippen LogP contribution in [0.4, 0.5) is 0 Å². The van der Waals surface area contributed by atoms with Crippen LogP contribution in [0.1, 0.15) is 32.1 Å². The highest BCUT2D eigenvalue weighted by Crippen LogP contribution is 2.43. The highest BCUT2D eigenvalue weighted by atomic mass is 35.5. The predicted molar refractivity (Wildman–Crippen MR) is 80.8 cm³/mol. The summed E-state index contributed by atoms with van der Waals surface area (Å²) in [4.78, 5) is 25.5. The van der Waals surface area contributed by atoms with Crippen LogP contribution in [0.2, 0.25) is 0 Å². The Balaban J connectivity index is 0.00000200. The number of hydrogen-bond donors (Lipinski definition) is 2. The summed E-state index contributed by atoms with van der Waals surface area (Å²) in [5.74, 6) is 0.682. The number of hydrogen-bond acceptors (Lipinski definition) is 3. The molecule has 116 valence electrons. The number of carbonyl (C=O) groups is 2. The lowest BCUT2D eigenvalue weighted by Gasteiger charge is -2.37. The van der Waals surface area contributed by atoms with Crippen molar-refractivity contribution in [1.29, 1.82) is 0 Å². The summed E-state index contributed by atoms with van der Waals surface area (Å²) in [5, 5.41) is 6.34. The fourth-order valence-corrected chi connectivity index (χ4v) is 3.37. The highest BCUT2D eigenvalue weighted by molar-refractivity contribution is 5.85. The zero-order valence-electron chi connectivity index (χ0n) is 12.4. The van der Waals surface area contributed by atoms with Crippen LogP contribution in [0.15, 0.2) is 0 Å². The molecular weight excluding hydrogens is 278 g/mol. The zero-order valence-corrected chi connectivity index (χ0v) is 13.2. The molecule has 5 nitrogen and oxygen atoms in total. The van der Waals surface area contributed by atoms with E-state index in [0.717, 1.165) is 32.4 Å². The molecule has 20 heavy (non-hydrogen) atoms. The largest absolute Gasteiger partial charge is 0.355 e. The second kappa shape index (κ2) is 7.27. The highest BCUT2D eigenvalue weighted by Gasteiger charge is 2.49. The molecule has 2 aliphatic rings. The summed E-state index contributed by atoms with van der Waals surface area (Å²) >= 11 is 0. The number of amides is 2. The van der Waals surface area contributed by atoms with E-state index in [9.17, 15) is 9.59 Å². The van der Waals surface area contributed by atoms with E-state index in [4.69, 9.17) is 0 Å². The minimum absolute atomic E-state index is 0. The minimum Gasteiger partial charge on any atom is -0.355 e. The van der Waals surface area contributed by atoms with Crippen LogP contribution >= 0.6 is 12.4 Å². The Hall–Kier alpha value is -0.810. The lowest BCUT2D eigenvalue weighted by atomic mass is 9.67. The summed E-state index contributed by atoms with van der Waals surface area (Å²) in [6.07, 6.45) is 4.89. The Kier molecular flexibility index (Phi) is 6.27. The maximum atomic E-state index is 12.5. The van der Waals surface area contributed by atoms with E-state index in [1.54, 1.807) is 19.0 Å². The molecule has 0 aromatic rings. The Bertz CT molecular complexity index is 362. The van der Waals surface area contributed by atoms with Gasteiger partial charge in [-0.3, -0.25) is 9.59 Å². The number of nitrogens with zero attached hydrogens (tertiary/aromatic N) is 1. The van der Waals surface area contributed by atoms with Gasteiger partial charge in [-0.2, -0.15) is 0 Å². The minimum atomic E-state index is -0.209. The van der Waals surface area contributed by atoms with E-state index < -0.39 is 0 Å². The van der Waals surface area contributed by atoms with Crippen LogP contribution in [-0.4, -0.2) is 50.4 Å². The quantitative estimate of drug-likeness (QED) is 0.807. The summed E-state index contributed by atoms with van der Waals surface area (Å²) < 4.78 is 0. The summed E-state index contributed by atoms with van der Waals surface area (Å²) in [6.45, 7) is 2.21. The van der Waals surface area contributed by atoms with Gasteiger partial charge < -0.3 is 15.5 Å². The first-order chi connectivity index (χ1) is 9.06. The molecule has 2 atom stereocenters. The van der Waals surface area contributed by atoms with E-state index in [-0.39, 0.29) is 29.6 Å². The van der Waals surface area contributed by atoms with Crippen LogP contribution in [0.25, 0.3) is 0 Å². The summed E-state index contributed by atoms with van der Waals surface area (Å²) in [7, 11) is 3.47. The van der Waals surface area contributed by atoms with Crippen molar-refractivity contribution in [2.24, 2.45) is 11.3 Å². The van der Waals surface area contributed by atoms with Gasteiger partial charge in [0.1, 0.15) is 0 Å². The molecule has 6 heteroatoms. The Morgan fingerprint density at radius 1 is 1.35 bits per heavy atom. The van der Waals surface area contributed by atoms with E-state index in [1.807, 2.05) is 0 Å². The first kappa shape index (κ1) is 17.2. The van der Waals surface area contributed by atoms with E-state index in [1.165, 1.54) is 6.42 Å². The molecule has 2 N–H and O–H groups in total. The standard InChI is InChI=1S/C14H25N3O2.ClH/c1-17(2)12(18)6-8-16-13(19)14-7-4-3-5-11(14)9-15-10-14;/h11,15H,3-10H2,1-2H3,(H,16,19);1H/t11-,14+;/m0./s1. The number of fused-ring (bicyclic) bond motifs is 1. The first-order valence-corrected chi connectivity index (χ1v) is 7.25. The molecule has 0 aromatic heterocycles. The molecule has 0 bridgehead atoms. The maximum absolute atomic E-state index is 12.5. The molecular formula is C14H26ClN3O2. The van der Waals surface area contributed by atoms with Crippen molar-refractivity contribution in [2.75, 3.05) is 33.7 Å².